The fourth-order valence-corrected chi connectivity index (χ4v) is 4.33. The minimum atomic E-state index is -0.539. The van der Waals surface area contributed by atoms with E-state index in [1.54, 1.807) is 11.0 Å². The van der Waals surface area contributed by atoms with Crippen LogP contribution in [0.4, 0.5) is 4.39 Å². The van der Waals surface area contributed by atoms with Crippen LogP contribution in [-0.4, -0.2) is 43.6 Å². The van der Waals surface area contributed by atoms with Crippen LogP contribution in [-0.2, 0) is 0 Å². The monoisotopic (exact) mass is 447 g/mol. The number of H-pyrrole nitrogens is 2. The van der Waals surface area contributed by atoms with Gasteiger partial charge in [0, 0.05) is 24.7 Å². The Hall–Kier alpha value is -4.01. The number of piperidine rings is 1. The van der Waals surface area contributed by atoms with Gasteiger partial charge in [-0.25, -0.2) is 9.18 Å². The van der Waals surface area contributed by atoms with Crippen molar-refractivity contribution >= 4 is 16.8 Å². The van der Waals surface area contributed by atoms with Crippen molar-refractivity contribution in [2.24, 2.45) is 0 Å². The first kappa shape index (κ1) is 20.9. The van der Waals surface area contributed by atoms with Crippen LogP contribution in [0.2, 0.25) is 0 Å². The van der Waals surface area contributed by atoms with Crippen LogP contribution in [0.1, 0.15) is 34.9 Å². The van der Waals surface area contributed by atoms with Crippen molar-refractivity contribution < 1.29 is 9.18 Å². The van der Waals surface area contributed by atoms with E-state index in [-0.39, 0.29) is 17.3 Å². The molecule has 2 aromatic heterocycles. The predicted molar refractivity (Wildman–Crippen MR) is 122 cm³/mol. The van der Waals surface area contributed by atoms with E-state index in [4.69, 9.17) is 0 Å². The first-order valence-corrected chi connectivity index (χ1v) is 10.8. The van der Waals surface area contributed by atoms with Crippen molar-refractivity contribution in [1.82, 2.24) is 24.6 Å². The first-order valence-electron chi connectivity index (χ1n) is 10.8. The third-order valence-electron chi connectivity index (χ3n) is 6.16. The smallest absolute Gasteiger partial charge is 0.329 e. The van der Waals surface area contributed by atoms with E-state index in [2.05, 4.69) is 15.2 Å². The Morgan fingerprint density at radius 2 is 1.79 bits per heavy atom. The Morgan fingerprint density at radius 1 is 1.06 bits per heavy atom. The summed E-state index contributed by atoms with van der Waals surface area (Å²) < 4.78 is 14.8. The molecule has 1 aliphatic heterocycles. The standard InChI is InChI=1S/C24H22FN5O3/c1-14-2-4-15(5-3-14)20-13-21(28-27-20)23(32)29-10-8-17(9-11-29)30-22(31)18-12-16(25)6-7-19(18)26-24(30)33/h2-7,12-13,17H,8-11H2,1H3,(H,26,33)(H,27,28). The number of nitrogens with zero attached hydrogens (tertiary/aromatic N) is 3. The number of nitrogens with one attached hydrogen (secondary N) is 2. The summed E-state index contributed by atoms with van der Waals surface area (Å²) in [4.78, 5) is 42.7. The van der Waals surface area contributed by atoms with Gasteiger partial charge in [0.25, 0.3) is 11.5 Å². The molecule has 3 heterocycles. The summed E-state index contributed by atoms with van der Waals surface area (Å²) in [6, 6.07) is 13.0. The van der Waals surface area contributed by atoms with Crippen molar-refractivity contribution in [1.29, 1.82) is 0 Å². The van der Waals surface area contributed by atoms with Gasteiger partial charge in [0.15, 0.2) is 0 Å². The molecule has 2 aromatic carbocycles. The first-order chi connectivity index (χ1) is 15.9. The van der Waals surface area contributed by atoms with Gasteiger partial charge in [-0.1, -0.05) is 29.8 Å². The molecule has 4 aromatic rings. The van der Waals surface area contributed by atoms with Crippen molar-refractivity contribution in [3.05, 3.63) is 86.4 Å². The highest BCUT2D eigenvalue weighted by Gasteiger charge is 2.28. The fourth-order valence-electron chi connectivity index (χ4n) is 4.33. The lowest BCUT2D eigenvalue weighted by molar-refractivity contribution is 0.0686. The summed E-state index contributed by atoms with van der Waals surface area (Å²) >= 11 is 0. The van der Waals surface area contributed by atoms with E-state index in [1.165, 1.54) is 12.1 Å². The second kappa shape index (κ2) is 8.16. The summed E-state index contributed by atoms with van der Waals surface area (Å²) in [5.41, 5.74) is 2.40. The maximum atomic E-state index is 13.6. The molecule has 9 heteroatoms. The lowest BCUT2D eigenvalue weighted by Gasteiger charge is -2.32. The highest BCUT2D eigenvalue weighted by molar-refractivity contribution is 5.93. The minimum absolute atomic E-state index is 0.134. The van der Waals surface area contributed by atoms with Gasteiger partial charge in [0.2, 0.25) is 0 Å². The summed E-state index contributed by atoms with van der Waals surface area (Å²) in [7, 11) is 0. The molecular weight excluding hydrogens is 425 g/mol. The number of aromatic amines is 2. The van der Waals surface area contributed by atoms with Crippen LogP contribution in [0.25, 0.3) is 22.2 Å². The van der Waals surface area contributed by atoms with Crippen molar-refractivity contribution in [2.75, 3.05) is 13.1 Å². The number of carbonyl (C=O) groups is 1. The zero-order valence-corrected chi connectivity index (χ0v) is 18.0. The van der Waals surface area contributed by atoms with E-state index in [1.807, 2.05) is 31.2 Å². The van der Waals surface area contributed by atoms with E-state index in [0.29, 0.717) is 42.8 Å². The highest BCUT2D eigenvalue weighted by atomic mass is 19.1. The molecule has 1 fully saturated rings. The van der Waals surface area contributed by atoms with Gasteiger partial charge in [0.1, 0.15) is 11.5 Å². The average Bonchev–Trinajstić information content (AvgIpc) is 3.30. The van der Waals surface area contributed by atoms with Gasteiger partial charge in [-0.2, -0.15) is 5.10 Å². The fraction of sp³-hybridized carbons (Fsp3) is 0.250. The van der Waals surface area contributed by atoms with Gasteiger partial charge in [-0.15, -0.1) is 0 Å². The molecule has 1 aliphatic rings. The molecule has 1 saturated heterocycles. The maximum Gasteiger partial charge on any atom is 0.329 e. The van der Waals surface area contributed by atoms with Crippen LogP contribution in [0.5, 0.6) is 0 Å². The van der Waals surface area contributed by atoms with Crippen molar-refractivity contribution in [3.8, 4) is 11.3 Å². The molecule has 168 valence electrons. The number of hydrogen-bond donors (Lipinski definition) is 2. The maximum absolute atomic E-state index is 13.6. The van der Waals surface area contributed by atoms with Gasteiger partial charge >= 0.3 is 5.69 Å². The predicted octanol–water partition coefficient (Wildman–Crippen LogP) is 3.00. The molecule has 0 atom stereocenters. The molecule has 0 bridgehead atoms. The van der Waals surface area contributed by atoms with Crippen LogP contribution >= 0.6 is 0 Å². The number of aromatic nitrogens is 4. The van der Waals surface area contributed by atoms with Crippen LogP contribution in [0.3, 0.4) is 0 Å². The molecule has 0 saturated carbocycles. The summed E-state index contributed by atoms with van der Waals surface area (Å²) in [5, 5.41) is 7.21. The molecule has 2 N–H and O–H groups in total. The number of amides is 1. The highest BCUT2D eigenvalue weighted by Crippen LogP contribution is 2.23. The Balaban J connectivity index is 1.33. The average molecular weight is 447 g/mol. The van der Waals surface area contributed by atoms with Crippen molar-refractivity contribution in [2.45, 2.75) is 25.8 Å². The second-order valence-corrected chi connectivity index (χ2v) is 8.35. The number of aryl methyl sites for hydroxylation is 1. The number of likely N-dealkylation sites (tertiary alicyclic amines) is 1. The zero-order chi connectivity index (χ0) is 23.1. The van der Waals surface area contributed by atoms with E-state index >= 15 is 0 Å². The minimum Gasteiger partial charge on any atom is -0.337 e. The van der Waals surface area contributed by atoms with Gasteiger partial charge in [-0.05, 0) is 44.0 Å². The van der Waals surface area contributed by atoms with Gasteiger partial charge in [0.05, 0.1) is 16.6 Å². The molecule has 8 nitrogen and oxygen atoms in total. The van der Waals surface area contributed by atoms with E-state index < -0.39 is 17.1 Å². The Morgan fingerprint density at radius 3 is 2.52 bits per heavy atom. The Kier molecular flexibility index (Phi) is 5.16. The number of rotatable bonds is 3. The zero-order valence-electron chi connectivity index (χ0n) is 18.0. The molecule has 1 amide bonds. The summed E-state index contributed by atoms with van der Waals surface area (Å²) in [6.07, 6.45) is 0.878. The lowest BCUT2D eigenvalue weighted by Crippen LogP contribution is -2.45. The molecule has 5 rings (SSSR count). The summed E-state index contributed by atoms with van der Waals surface area (Å²) in [6.45, 7) is 2.77. The summed E-state index contributed by atoms with van der Waals surface area (Å²) in [5.74, 6) is -0.718. The quantitative estimate of drug-likeness (QED) is 0.504. The Labute approximate surface area is 187 Å². The largest absolute Gasteiger partial charge is 0.337 e. The third kappa shape index (κ3) is 3.86. The number of fused-ring (bicyclic) bond motifs is 1. The van der Waals surface area contributed by atoms with Gasteiger partial charge < -0.3 is 9.88 Å². The SMILES string of the molecule is Cc1ccc(-c2cc(C(=O)N3CCC(n4c(=O)[nH]c5ccc(F)cc5c4=O)CC3)[nH]n2)cc1. The molecule has 0 aliphatic carbocycles. The Bertz CT molecular complexity index is 1460. The van der Waals surface area contributed by atoms with Crippen LogP contribution in [0, 0.1) is 12.7 Å². The second-order valence-electron chi connectivity index (χ2n) is 8.35. The number of benzene rings is 2. The van der Waals surface area contributed by atoms with Crippen molar-refractivity contribution in [3.63, 3.8) is 0 Å². The number of carbonyl (C=O) groups excluding carboxylic acids is 1. The topological polar surface area (TPSA) is 104 Å². The van der Waals surface area contributed by atoms with Crippen LogP contribution < -0.4 is 11.2 Å². The molecule has 0 radical (unpaired) electrons. The van der Waals surface area contributed by atoms with Gasteiger partial charge in [-0.3, -0.25) is 19.3 Å². The third-order valence-corrected chi connectivity index (χ3v) is 6.16. The normalized spacial score (nSPS) is 14.7. The number of halogens is 1. The lowest BCUT2D eigenvalue weighted by atomic mass is 10.0. The molecule has 33 heavy (non-hydrogen) atoms. The molecule has 0 unspecified atom stereocenters. The number of hydrogen-bond acceptors (Lipinski definition) is 4. The molecular formula is C24H22FN5O3. The van der Waals surface area contributed by atoms with E-state index in [9.17, 15) is 18.8 Å². The van der Waals surface area contributed by atoms with E-state index in [0.717, 1.165) is 21.8 Å². The molecule has 0 spiro atoms. The van der Waals surface area contributed by atoms with Crippen LogP contribution in [0.15, 0.2) is 58.1 Å².